The summed E-state index contributed by atoms with van der Waals surface area (Å²) in [6.45, 7) is 2.58. The molecule has 0 aromatic carbocycles. The molecule has 1 rings (SSSR count). The number of anilines is 1. The van der Waals surface area contributed by atoms with E-state index in [2.05, 4.69) is 26.8 Å². The second kappa shape index (κ2) is 5.83. The molecule has 5 nitrogen and oxygen atoms in total. The average Bonchev–Trinajstić information content (AvgIpc) is 2.65. The number of terminal acetylenes is 1. The van der Waals surface area contributed by atoms with Crippen LogP contribution in [-0.2, 0) is 11.2 Å². The van der Waals surface area contributed by atoms with Crippen molar-refractivity contribution in [1.29, 1.82) is 0 Å². The number of nitrogens with one attached hydrogen (secondary N) is 3. The first-order valence-corrected chi connectivity index (χ1v) is 4.74. The normalized spacial score (nSPS) is 9.60. The maximum Gasteiger partial charge on any atom is 0.239 e. The van der Waals surface area contributed by atoms with Gasteiger partial charge in [-0.1, -0.05) is 12.8 Å². The van der Waals surface area contributed by atoms with Gasteiger partial charge in [0.1, 0.15) is 5.82 Å². The Labute approximate surface area is 88.6 Å². The van der Waals surface area contributed by atoms with Crippen molar-refractivity contribution < 1.29 is 4.79 Å². The lowest BCUT2D eigenvalue weighted by atomic mass is 10.2. The van der Waals surface area contributed by atoms with E-state index in [1.54, 1.807) is 6.20 Å². The Hall–Kier alpha value is -1.80. The van der Waals surface area contributed by atoms with Gasteiger partial charge in [0.25, 0.3) is 0 Å². The standard InChI is InChI=1S/C10H14N4O/c1-3-5-11-7-9(15)13-10-8(4-2)6-12-14-10/h1,6,11H,4-5,7H2,2H3,(H2,12,13,14,15). The first-order valence-electron chi connectivity index (χ1n) is 4.74. The summed E-state index contributed by atoms with van der Waals surface area (Å²) in [5, 5.41) is 12.1. The van der Waals surface area contributed by atoms with E-state index in [1.165, 1.54) is 0 Å². The summed E-state index contributed by atoms with van der Waals surface area (Å²) in [4.78, 5) is 11.4. The van der Waals surface area contributed by atoms with E-state index in [-0.39, 0.29) is 12.5 Å². The molecule has 0 saturated carbocycles. The fourth-order valence-corrected chi connectivity index (χ4v) is 1.12. The summed E-state index contributed by atoms with van der Waals surface area (Å²) in [6.07, 6.45) is 7.56. The van der Waals surface area contributed by atoms with Gasteiger partial charge in [0, 0.05) is 5.56 Å². The fourth-order valence-electron chi connectivity index (χ4n) is 1.12. The van der Waals surface area contributed by atoms with Crippen LogP contribution < -0.4 is 10.6 Å². The van der Waals surface area contributed by atoms with Crippen LogP contribution in [0, 0.1) is 12.3 Å². The molecule has 0 aliphatic heterocycles. The van der Waals surface area contributed by atoms with Crippen molar-refractivity contribution >= 4 is 11.7 Å². The van der Waals surface area contributed by atoms with Crippen LogP contribution in [0.15, 0.2) is 6.20 Å². The summed E-state index contributed by atoms with van der Waals surface area (Å²) < 4.78 is 0. The number of H-pyrrole nitrogens is 1. The van der Waals surface area contributed by atoms with Crippen molar-refractivity contribution in [3.8, 4) is 12.3 Å². The van der Waals surface area contributed by atoms with Gasteiger partial charge in [-0.05, 0) is 6.42 Å². The van der Waals surface area contributed by atoms with Gasteiger partial charge in [0.15, 0.2) is 0 Å². The number of nitrogens with zero attached hydrogens (tertiary/aromatic N) is 1. The van der Waals surface area contributed by atoms with Crippen molar-refractivity contribution in [2.24, 2.45) is 0 Å². The van der Waals surface area contributed by atoms with E-state index >= 15 is 0 Å². The molecule has 15 heavy (non-hydrogen) atoms. The molecule has 0 aliphatic carbocycles. The van der Waals surface area contributed by atoms with E-state index in [4.69, 9.17) is 6.42 Å². The Morgan fingerprint density at radius 1 is 1.73 bits per heavy atom. The third-order valence-electron chi connectivity index (χ3n) is 1.88. The number of amides is 1. The summed E-state index contributed by atoms with van der Waals surface area (Å²) in [6, 6.07) is 0. The molecule has 80 valence electrons. The minimum Gasteiger partial charge on any atom is -0.310 e. The summed E-state index contributed by atoms with van der Waals surface area (Å²) >= 11 is 0. The highest BCUT2D eigenvalue weighted by Crippen LogP contribution is 2.10. The molecular weight excluding hydrogens is 192 g/mol. The minimum atomic E-state index is -0.135. The molecule has 0 aliphatic rings. The Kier molecular flexibility index (Phi) is 4.38. The van der Waals surface area contributed by atoms with Gasteiger partial charge >= 0.3 is 0 Å². The SMILES string of the molecule is C#CCNCC(=O)Nc1[nH]ncc1CC. The molecule has 0 unspecified atom stereocenters. The molecule has 0 fully saturated rings. The van der Waals surface area contributed by atoms with Gasteiger partial charge in [0.05, 0.1) is 19.3 Å². The van der Waals surface area contributed by atoms with Crippen molar-refractivity contribution in [2.45, 2.75) is 13.3 Å². The number of hydrogen-bond donors (Lipinski definition) is 3. The number of carbonyl (C=O) groups is 1. The van der Waals surface area contributed by atoms with Crippen LogP contribution in [0.2, 0.25) is 0 Å². The second-order valence-electron chi connectivity index (χ2n) is 2.98. The highest BCUT2D eigenvalue weighted by Gasteiger charge is 2.06. The molecule has 0 bridgehead atoms. The molecule has 0 spiro atoms. The minimum absolute atomic E-state index is 0.135. The Morgan fingerprint density at radius 3 is 3.20 bits per heavy atom. The van der Waals surface area contributed by atoms with Gasteiger partial charge in [-0.25, -0.2) is 0 Å². The topological polar surface area (TPSA) is 69.8 Å². The van der Waals surface area contributed by atoms with E-state index < -0.39 is 0 Å². The van der Waals surface area contributed by atoms with Gasteiger partial charge in [-0.3, -0.25) is 15.2 Å². The highest BCUT2D eigenvalue weighted by atomic mass is 16.2. The van der Waals surface area contributed by atoms with Gasteiger partial charge in [0.2, 0.25) is 5.91 Å². The monoisotopic (exact) mass is 206 g/mol. The largest absolute Gasteiger partial charge is 0.310 e. The predicted molar refractivity (Wildman–Crippen MR) is 58.3 cm³/mol. The lowest BCUT2D eigenvalue weighted by molar-refractivity contribution is -0.115. The second-order valence-corrected chi connectivity index (χ2v) is 2.98. The first kappa shape index (κ1) is 11.3. The zero-order valence-corrected chi connectivity index (χ0v) is 8.63. The van der Waals surface area contributed by atoms with Crippen LogP contribution in [-0.4, -0.2) is 29.2 Å². The molecule has 1 heterocycles. The van der Waals surface area contributed by atoms with E-state index in [0.717, 1.165) is 12.0 Å². The molecule has 1 aromatic rings. The average molecular weight is 206 g/mol. The number of rotatable bonds is 5. The number of aromatic nitrogens is 2. The lowest BCUT2D eigenvalue weighted by Crippen LogP contribution is -2.28. The van der Waals surface area contributed by atoms with Gasteiger partial charge in [-0.15, -0.1) is 6.42 Å². The quantitative estimate of drug-likeness (QED) is 0.474. The molecule has 1 aromatic heterocycles. The Morgan fingerprint density at radius 2 is 2.53 bits per heavy atom. The molecule has 1 amide bonds. The van der Waals surface area contributed by atoms with Crippen LogP contribution in [0.25, 0.3) is 0 Å². The number of aryl methyl sites for hydroxylation is 1. The fraction of sp³-hybridized carbons (Fsp3) is 0.400. The zero-order valence-electron chi connectivity index (χ0n) is 8.63. The van der Waals surface area contributed by atoms with Crippen LogP contribution in [0.1, 0.15) is 12.5 Å². The summed E-state index contributed by atoms with van der Waals surface area (Å²) in [7, 11) is 0. The van der Waals surface area contributed by atoms with Crippen LogP contribution in [0.4, 0.5) is 5.82 Å². The number of carbonyl (C=O) groups excluding carboxylic acids is 1. The molecule has 5 heteroatoms. The smallest absolute Gasteiger partial charge is 0.239 e. The Balaban J connectivity index is 2.41. The molecule has 0 radical (unpaired) electrons. The van der Waals surface area contributed by atoms with Crippen LogP contribution in [0.5, 0.6) is 0 Å². The summed E-state index contributed by atoms with van der Waals surface area (Å²) in [5.74, 6) is 2.92. The maximum absolute atomic E-state index is 11.4. The number of aromatic amines is 1. The molecule has 0 saturated heterocycles. The molecular formula is C10H14N4O. The number of hydrogen-bond acceptors (Lipinski definition) is 3. The Bertz CT molecular complexity index is 364. The van der Waals surface area contributed by atoms with Crippen LogP contribution in [0.3, 0.4) is 0 Å². The summed E-state index contributed by atoms with van der Waals surface area (Å²) in [5.41, 5.74) is 0.986. The maximum atomic E-state index is 11.4. The van der Waals surface area contributed by atoms with E-state index in [0.29, 0.717) is 12.4 Å². The highest BCUT2D eigenvalue weighted by molar-refractivity contribution is 5.91. The third kappa shape index (κ3) is 3.44. The third-order valence-corrected chi connectivity index (χ3v) is 1.88. The van der Waals surface area contributed by atoms with Crippen molar-refractivity contribution in [3.05, 3.63) is 11.8 Å². The van der Waals surface area contributed by atoms with Gasteiger partial charge < -0.3 is 5.32 Å². The van der Waals surface area contributed by atoms with Gasteiger partial charge in [-0.2, -0.15) is 5.10 Å². The van der Waals surface area contributed by atoms with Crippen molar-refractivity contribution in [1.82, 2.24) is 15.5 Å². The van der Waals surface area contributed by atoms with Crippen LogP contribution >= 0.6 is 0 Å². The zero-order chi connectivity index (χ0) is 11.1. The first-order chi connectivity index (χ1) is 7.27. The predicted octanol–water partition coefficient (Wildman–Crippen LogP) is 0.133. The van der Waals surface area contributed by atoms with Crippen molar-refractivity contribution in [2.75, 3.05) is 18.4 Å². The lowest BCUT2D eigenvalue weighted by Gasteiger charge is -2.04. The van der Waals surface area contributed by atoms with Crippen molar-refractivity contribution in [3.63, 3.8) is 0 Å². The molecule has 0 atom stereocenters. The van der Waals surface area contributed by atoms with E-state index in [9.17, 15) is 4.79 Å². The van der Waals surface area contributed by atoms with E-state index in [1.807, 2.05) is 6.92 Å². The molecule has 3 N–H and O–H groups in total.